The van der Waals surface area contributed by atoms with Gasteiger partial charge in [0.2, 0.25) is 0 Å². The van der Waals surface area contributed by atoms with Crippen LogP contribution in [-0.2, 0) is 0 Å². The van der Waals surface area contributed by atoms with Crippen molar-refractivity contribution in [2.75, 3.05) is 25.0 Å². The molecule has 1 aromatic carbocycles. The highest BCUT2D eigenvalue weighted by Gasteiger charge is 2.12. The molecule has 0 spiro atoms. The van der Waals surface area contributed by atoms with Gasteiger partial charge in [0.25, 0.3) is 0 Å². The molecule has 0 aromatic heterocycles. The molecule has 14 heavy (non-hydrogen) atoms. The van der Waals surface area contributed by atoms with Gasteiger partial charge in [0.15, 0.2) is 0 Å². The predicted molar refractivity (Wildman–Crippen MR) is 60.0 cm³/mol. The van der Waals surface area contributed by atoms with Gasteiger partial charge in [-0.1, -0.05) is 18.2 Å². The number of para-hydroxylation sites is 1. The average molecular weight is 189 g/mol. The number of aliphatic imine (C=N–C) groups is 1. The molecule has 0 amide bonds. The van der Waals surface area contributed by atoms with Crippen molar-refractivity contribution >= 4 is 12.0 Å². The van der Waals surface area contributed by atoms with Gasteiger partial charge in [-0.2, -0.15) is 0 Å². The molecule has 1 N–H and O–H groups in total. The molecule has 0 aliphatic carbocycles. The maximum atomic E-state index is 4.15. The molecule has 74 valence electrons. The fourth-order valence-corrected chi connectivity index (χ4v) is 1.62. The standard InChI is InChI=1S/C11H15N3/c1-14(8-10-7-12-9-13-10)11-5-3-2-4-6-11/h2-6,9-10H,7-8H2,1H3,(H,12,13). The lowest BCUT2D eigenvalue weighted by Crippen LogP contribution is -2.37. The molecule has 1 unspecified atom stereocenters. The van der Waals surface area contributed by atoms with E-state index in [1.807, 2.05) is 6.07 Å². The van der Waals surface area contributed by atoms with Gasteiger partial charge in [-0.05, 0) is 12.1 Å². The highest BCUT2D eigenvalue weighted by Crippen LogP contribution is 2.11. The van der Waals surface area contributed by atoms with Crippen LogP contribution in [0.25, 0.3) is 0 Å². The number of rotatable bonds is 3. The second-order valence-corrected chi connectivity index (χ2v) is 3.57. The number of nitrogens with zero attached hydrogens (tertiary/aromatic N) is 2. The summed E-state index contributed by atoms with van der Waals surface area (Å²) in [6.07, 6.45) is 1.80. The number of hydrogen-bond acceptors (Lipinski definition) is 3. The first-order chi connectivity index (χ1) is 6.86. The third kappa shape index (κ3) is 2.05. The van der Waals surface area contributed by atoms with Crippen molar-refractivity contribution < 1.29 is 0 Å². The summed E-state index contributed by atoms with van der Waals surface area (Å²) in [7, 11) is 2.11. The molecule has 0 radical (unpaired) electrons. The zero-order valence-corrected chi connectivity index (χ0v) is 8.35. The predicted octanol–water partition coefficient (Wildman–Crippen LogP) is 1.12. The van der Waals surface area contributed by atoms with E-state index in [1.165, 1.54) is 5.69 Å². The van der Waals surface area contributed by atoms with Crippen LogP contribution in [0.15, 0.2) is 35.3 Å². The van der Waals surface area contributed by atoms with Crippen LogP contribution < -0.4 is 10.2 Å². The molecule has 0 saturated heterocycles. The number of hydrogen-bond donors (Lipinski definition) is 1. The van der Waals surface area contributed by atoms with Crippen LogP contribution in [0.1, 0.15) is 0 Å². The van der Waals surface area contributed by atoms with E-state index in [1.54, 1.807) is 6.34 Å². The molecular formula is C11H15N3. The van der Waals surface area contributed by atoms with Crippen LogP contribution in [0, 0.1) is 0 Å². The van der Waals surface area contributed by atoms with Crippen LogP contribution in [0.2, 0.25) is 0 Å². The van der Waals surface area contributed by atoms with Gasteiger partial charge < -0.3 is 10.2 Å². The molecule has 1 atom stereocenters. The Bertz CT molecular complexity index is 300. The van der Waals surface area contributed by atoms with Crippen molar-refractivity contribution in [3.05, 3.63) is 30.3 Å². The first-order valence-corrected chi connectivity index (χ1v) is 4.87. The zero-order valence-electron chi connectivity index (χ0n) is 8.35. The van der Waals surface area contributed by atoms with E-state index in [0.29, 0.717) is 6.04 Å². The van der Waals surface area contributed by atoms with Crippen molar-refractivity contribution in [3.8, 4) is 0 Å². The SMILES string of the molecule is CN(CC1CN=CN1)c1ccccc1. The molecule has 1 heterocycles. The highest BCUT2D eigenvalue weighted by atomic mass is 15.2. The highest BCUT2D eigenvalue weighted by molar-refractivity contribution is 5.57. The maximum Gasteiger partial charge on any atom is 0.0828 e. The molecule has 0 fully saturated rings. The largest absolute Gasteiger partial charge is 0.372 e. The summed E-state index contributed by atoms with van der Waals surface area (Å²) in [5.74, 6) is 0. The first-order valence-electron chi connectivity index (χ1n) is 4.87. The van der Waals surface area contributed by atoms with Crippen molar-refractivity contribution in [1.82, 2.24) is 5.32 Å². The zero-order chi connectivity index (χ0) is 9.80. The molecule has 3 nitrogen and oxygen atoms in total. The molecule has 2 rings (SSSR count). The lowest BCUT2D eigenvalue weighted by atomic mass is 10.2. The van der Waals surface area contributed by atoms with E-state index in [4.69, 9.17) is 0 Å². The smallest absolute Gasteiger partial charge is 0.0828 e. The summed E-state index contributed by atoms with van der Waals surface area (Å²) in [6, 6.07) is 10.9. The molecule has 0 saturated carbocycles. The minimum absolute atomic E-state index is 0.459. The fraction of sp³-hybridized carbons (Fsp3) is 0.364. The Morgan fingerprint density at radius 3 is 2.86 bits per heavy atom. The quantitative estimate of drug-likeness (QED) is 0.771. The van der Waals surface area contributed by atoms with Gasteiger partial charge in [-0.25, -0.2) is 0 Å². The minimum atomic E-state index is 0.459. The van der Waals surface area contributed by atoms with Crippen LogP contribution in [0.4, 0.5) is 5.69 Å². The number of likely N-dealkylation sites (N-methyl/N-ethyl adjacent to an activating group) is 1. The van der Waals surface area contributed by atoms with Crippen molar-refractivity contribution in [3.63, 3.8) is 0 Å². The normalized spacial score (nSPS) is 19.4. The maximum absolute atomic E-state index is 4.15. The summed E-state index contributed by atoms with van der Waals surface area (Å²) in [5, 5.41) is 3.22. The van der Waals surface area contributed by atoms with E-state index in [-0.39, 0.29) is 0 Å². The lowest BCUT2D eigenvalue weighted by molar-refractivity contribution is 0.648. The Morgan fingerprint density at radius 1 is 1.43 bits per heavy atom. The van der Waals surface area contributed by atoms with Gasteiger partial charge in [0.1, 0.15) is 0 Å². The van der Waals surface area contributed by atoms with Crippen molar-refractivity contribution in [2.24, 2.45) is 4.99 Å². The summed E-state index contributed by atoms with van der Waals surface area (Å²) in [4.78, 5) is 6.39. The van der Waals surface area contributed by atoms with E-state index in [0.717, 1.165) is 13.1 Å². The summed E-state index contributed by atoms with van der Waals surface area (Å²) < 4.78 is 0. The van der Waals surface area contributed by atoms with Crippen molar-refractivity contribution in [2.45, 2.75) is 6.04 Å². The topological polar surface area (TPSA) is 27.6 Å². The summed E-state index contributed by atoms with van der Waals surface area (Å²) in [5.41, 5.74) is 1.25. The molecule has 3 heteroatoms. The third-order valence-electron chi connectivity index (χ3n) is 2.42. The molecule has 1 aromatic rings. The third-order valence-corrected chi connectivity index (χ3v) is 2.42. The van der Waals surface area contributed by atoms with Crippen LogP contribution in [-0.4, -0.2) is 32.5 Å². The molecular weight excluding hydrogens is 174 g/mol. The molecule has 1 aliphatic heterocycles. The number of benzene rings is 1. The van der Waals surface area contributed by atoms with E-state index in [2.05, 4.69) is 46.5 Å². The van der Waals surface area contributed by atoms with Crippen LogP contribution >= 0.6 is 0 Å². The second-order valence-electron chi connectivity index (χ2n) is 3.57. The Balaban J connectivity index is 1.92. The van der Waals surface area contributed by atoms with Gasteiger partial charge in [-0.15, -0.1) is 0 Å². The van der Waals surface area contributed by atoms with Gasteiger partial charge in [0.05, 0.1) is 18.9 Å². The minimum Gasteiger partial charge on any atom is -0.372 e. The summed E-state index contributed by atoms with van der Waals surface area (Å²) in [6.45, 7) is 1.88. The number of anilines is 1. The molecule has 1 aliphatic rings. The van der Waals surface area contributed by atoms with E-state index < -0.39 is 0 Å². The lowest BCUT2D eigenvalue weighted by Gasteiger charge is -2.22. The Hall–Kier alpha value is -1.51. The number of nitrogens with one attached hydrogen (secondary N) is 1. The first kappa shape index (κ1) is 9.06. The average Bonchev–Trinajstić information content (AvgIpc) is 2.72. The monoisotopic (exact) mass is 189 g/mol. The van der Waals surface area contributed by atoms with Gasteiger partial charge >= 0.3 is 0 Å². The molecule has 0 bridgehead atoms. The van der Waals surface area contributed by atoms with Gasteiger partial charge in [0, 0.05) is 19.3 Å². The van der Waals surface area contributed by atoms with Crippen LogP contribution in [0.5, 0.6) is 0 Å². The van der Waals surface area contributed by atoms with E-state index >= 15 is 0 Å². The van der Waals surface area contributed by atoms with Gasteiger partial charge in [-0.3, -0.25) is 4.99 Å². The van der Waals surface area contributed by atoms with E-state index in [9.17, 15) is 0 Å². The summed E-state index contributed by atoms with van der Waals surface area (Å²) >= 11 is 0. The second kappa shape index (κ2) is 4.13. The van der Waals surface area contributed by atoms with Crippen molar-refractivity contribution in [1.29, 1.82) is 0 Å². The Kier molecular flexibility index (Phi) is 2.68. The fourth-order valence-electron chi connectivity index (χ4n) is 1.62. The van der Waals surface area contributed by atoms with Crippen LogP contribution in [0.3, 0.4) is 0 Å². The Morgan fingerprint density at radius 2 is 2.21 bits per heavy atom. The Labute approximate surface area is 84.5 Å².